The van der Waals surface area contributed by atoms with Gasteiger partial charge in [-0.05, 0) is 49.4 Å². The quantitative estimate of drug-likeness (QED) is 0.699. The molecule has 0 saturated carbocycles. The largest absolute Gasteiger partial charge is 0.573 e. The summed E-state index contributed by atoms with van der Waals surface area (Å²) in [5, 5.41) is 10.4. The molecule has 0 unspecified atom stereocenters. The minimum atomic E-state index is -4.79. The highest BCUT2D eigenvalue weighted by molar-refractivity contribution is 6.32. The second kappa shape index (κ2) is 6.00. The van der Waals surface area contributed by atoms with Gasteiger partial charge in [0.25, 0.3) is 5.91 Å². The van der Waals surface area contributed by atoms with Gasteiger partial charge in [0, 0.05) is 16.6 Å². The molecule has 0 spiro atoms. The van der Waals surface area contributed by atoms with E-state index in [9.17, 15) is 23.1 Å². The van der Waals surface area contributed by atoms with Crippen molar-refractivity contribution in [3.05, 3.63) is 58.7 Å². The van der Waals surface area contributed by atoms with Gasteiger partial charge in [0.05, 0.1) is 10.5 Å². The number of ether oxygens (including phenoxy) is 1. The number of aryl methyl sites for hydroxylation is 1. The Morgan fingerprint density at radius 2 is 1.80 bits per heavy atom. The summed E-state index contributed by atoms with van der Waals surface area (Å²) >= 11 is 5.90. The third kappa shape index (κ3) is 3.41. The van der Waals surface area contributed by atoms with E-state index in [0.717, 1.165) is 12.1 Å². The predicted octanol–water partition coefficient (Wildman–Crippen LogP) is 4.90. The molecule has 0 amide bonds. The Hall–Kier alpha value is -2.67. The van der Waals surface area contributed by atoms with E-state index in [1.165, 1.54) is 28.8 Å². The first kappa shape index (κ1) is 17.2. The molecule has 1 heterocycles. The maximum Gasteiger partial charge on any atom is 0.573 e. The Morgan fingerprint density at radius 1 is 1.16 bits per heavy atom. The smallest absolute Gasteiger partial charge is 0.506 e. The van der Waals surface area contributed by atoms with Gasteiger partial charge in [0.2, 0.25) is 0 Å². The molecular weight excluding hydrogens is 359 g/mol. The topological polar surface area (TPSA) is 51.5 Å². The number of hydrogen-bond donors (Lipinski definition) is 1. The van der Waals surface area contributed by atoms with Crippen LogP contribution in [-0.4, -0.2) is 21.9 Å². The van der Waals surface area contributed by atoms with Gasteiger partial charge < -0.3 is 9.84 Å². The molecule has 0 atom stereocenters. The lowest BCUT2D eigenvalue weighted by atomic mass is 10.2. The molecule has 1 N–H and O–H groups in total. The van der Waals surface area contributed by atoms with Crippen molar-refractivity contribution in [2.24, 2.45) is 0 Å². The second-order valence-electron chi connectivity index (χ2n) is 5.36. The van der Waals surface area contributed by atoms with Gasteiger partial charge in [-0.2, -0.15) is 0 Å². The maximum absolute atomic E-state index is 12.7. The lowest BCUT2D eigenvalue weighted by Gasteiger charge is -2.10. The van der Waals surface area contributed by atoms with Crippen molar-refractivity contribution >= 4 is 28.4 Å². The molecule has 0 aliphatic rings. The summed E-state index contributed by atoms with van der Waals surface area (Å²) in [6.45, 7) is 1.70. The van der Waals surface area contributed by atoms with Crippen LogP contribution in [0.4, 0.5) is 13.2 Å². The van der Waals surface area contributed by atoms with Crippen LogP contribution in [0.25, 0.3) is 10.9 Å². The van der Waals surface area contributed by atoms with Crippen LogP contribution in [0.15, 0.2) is 42.5 Å². The second-order valence-corrected chi connectivity index (χ2v) is 5.77. The highest BCUT2D eigenvalue weighted by atomic mass is 35.5. The van der Waals surface area contributed by atoms with E-state index >= 15 is 0 Å². The zero-order valence-electron chi connectivity index (χ0n) is 12.8. The zero-order chi connectivity index (χ0) is 18.4. The van der Waals surface area contributed by atoms with Gasteiger partial charge in [-0.1, -0.05) is 11.6 Å². The van der Waals surface area contributed by atoms with Crippen molar-refractivity contribution in [2.75, 3.05) is 0 Å². The molecule has 0 saturated heterocycles. The molecule has 3 aromatic rings. The Bertz CT molecular complexity index is 962. The Morgan fingerprint density at radius 3 is 2.40 bits per heavy atom. The molecule has 1 aromatic heterocycles. The van der Waals surface area contributed by atoms with E-state index in [2.05, 4.69) is 4.74 Å². The summed E-state index contributed by atoms with van der Waals surface area (Å²) in [7, 11) is 0. The van der Waals surface area contributed by atoms with Gasteiger partial charge in [-0.15, -0.1) is 13.2 Å². The number of halogens is 4. The first-order valence-electron chi connectivity index (χ1n) is 7.07. The van der Waals surface area contributed by atoms with Gasteiger partial charge >= 0.3 is 6.36 Å². The fraction of sp³-hybridized carbons (Fsp3) is 0.118. The molecular formula is C17H11ClF3NO3. The molecule has 0 fully saturated rings. The number of nitrogens with zero attached hydrogens (tertiary/aromatic N) is 1. The number of benzene rings is 2. The maximum atomic E-state index is 12.7. The van der Waals surface area contributed by atoms with Crippen molar-refractivity contribution in [1.82, 2.24) is 4.57 Å². The summed E-state index contributed by atoms with van der Waals surface area (Å²) in [6.07, 6.45) is -4.79. The predicted molar refractivity (Wildman–Crippen MR) is 86.2 cm³/mol. The van der Waals surface area contributed by atoms with Crippen molar-refractivity contribution in [3.8, 4) is 11.5 Å². The Kier molecular flexibility index (Phi) is 4.12. The number of hydrogen-bond acceptors (Lipinski definition) is 3. The van der Waals surface area contributed by atoms with Gasteiger partial charge in [0.15, 0.2) is 0 Å². The normalized spacial score (nSPS) is 11.7. The van der Waals surface area contributed by atoms with Crippen LogP contribution in [0.1, 0.15) is 16.1 Å². The van der Waals surface area contributed by atoms with Crippen LogP contribution in [0.2, 0.25) is 5.02 Å². The van der Waals surface area contributed by atoms with Gasteiger partial charge in [0.1, 0.15) is 11.5 Å². The number of alkyl halides is 3. The van der Waals surface area contributed by atoms with Crippen molar-refractivity contribution < 1.29 is 27.8 Å². The average Bonchev–Trinajstić information content (AvgIpc) is 2.81. The van der Waals surface area contributed by atoms with Gasteiger partial charge in [-0.25, -0.2) is 0 Å². The van der Waals surface area contributed by atoms with E-state index in [-0.39, 0.29) is 16.3 Å². The van der Waals surface area contributed by atoms with Crippen LogP contribution < -0.4 is 4.74 Å². The lowest BCUT2D eigenvalue weighted by molar-refractivity contribution is -0.274. The van der Waals surface area contributed by atoms with E-state index in [0.29, 0.717) is 16.6 Å². The molecule has 3 rings (SSSR count). The first-order valence-corrected chi connectivity index (χ1v) is 7.44. The van der Waals surface area contributed by atoms with Crippen molar-refractivity contribution in [1.29, 1.82) is 0 Å². The highest BCUT2D eigenvalue weighted by Gasteiger charge is 2.31. The molecule has 0 radical (unpaired) electrons. The fourth-order valence-electron chi connectivity index (χ4n) is 2.55. The first-order chi connectivity index (χ1) is 11.7. The third-order valence-electron chi connectivity index (χ3n) is 3.59. The van der Waals surface area contributed by atoms with E-state index in [4.69, 9.17) is 11.6 Å². The minimum absolute atomic E-state index is 0.0913. The SMILES string of the molecule is Cc1cc2cc(O)c(Cl)cc2n1C(=O)c1ccc(OC(F)(F)F)cc1. The Balaban J connectivity index is 2.00. The number of fused-ring (bicyclic) bond motifs is 1. The minimum Gasteiger partial charge on any atom is -0.506 e. The van der Waals surface area contributed by atoms with Crippen LogP contribution in [0.5, 0.6) is 11.5 Å². The van der Waals surface area contributed by atoms with Crippen molar-refractivity contribution in [3.63, 3.8) is 0 Å². The summed E-state index contributed by atoms with van der Waals surface area (Å²) < 4.78 is 41.7. The molecule has 2 aromatic carbocycles. The van der Waals surface area contributed by atoms with Crippen LogP contribution in [0, 0.1) is 6.92 Å². The number of aromatic nitrogens is 1. The number of aromatic hydroxyl groups is 1. The summed E-state index contributed by atoms with van der Waals surface area (Å²) in [4.78, 5) is 12.7. The zero-order valence-corrected chi connectivity index (χ0v) is 13.5. The number of phenols is 1. The molecule has 25 heavy (non-hydrogen) atoms. The van der Waals surface area contributed by atoms with Crippen LogP contribution >= 0.6 is 11.6 Å². The summed E-state index contributed by atoms with van der Waals surface area (Å²) in [5.41, 5.74) is 1.26. The van der Waals surface area contributed by atoms with Gasteiger partial charge in [-0.3, -0.25) is 9.36 Å². The molecule has 0 bridgehead atoms. The standard InChI is InChI=1S/C17H11ClF3NO3/c1-9-6-11-7-15(23)13(18)8-14(11)22(9)16(24)10-2-4-12(5-3-10)25-17(19,20)21/h2-8,23H,1H3. The monoisotopic (exact) mass is 369 g/mol. The average molecular weight is 370 g/mol. The lowest BCUT2D eigenvalue weighted by Crippen LogP contribution is -2.17. The summed E-state index contributed by atoms with van der Waals surface area (Å²) in [5.74, 6) is -0.952. The summed E-state index contributed by atoms with van der Waals surface area (Å²) in [6, 6.07) is 9.23. The number of rotatable bonds is 2. The molecule has 0 aliphatic carbocycles. The third-order valence-corrected chi connectivity index (χ3v) is 3.89. The van der Waals surface area contributed by atoms with E-state index < -0.39 is 18.0 Å². The van der Waals surface area contributed by atoms with E-state index in [1.54, 1.807) is 13.0 Å². The Labute approximate surface area is 145 Å². The highest BCUT2D eigenvalue weighted by Crippen LogP contribution is 2.31. The number of carbonyl (C=O) groups excluding carboxylic acids is 1. The number of phenolic OH excluding ortho intramolecular Hbond substituents is 1. The molecule has 8 heteroatoms. The van der Waals surface area contributed by atoms with Crippen LogP contribution in [0.3, 0.4) is 0 Å². The molecule has 4 nitrogen and oxygen atoms in total. The van der Waals surface area contributed by atoms with Crippen molar-refractivity contribution in [2.45, 2.75) is 13.3 Å². The fourth-order valence-corrected chi connectivity index (χ4v) is 2.71. The number of carbonyl (C=O) groups is 1. The van der Waals surface area contributed by atoms with E-state index in [1.807, 2.05) is 0 Å². The molecule has 130 valence electrons. The van der Waals surface area contributed by atoms with Crippen LogP contribution in [-0.2, 0) is 0 Å². The molecule has 0 aliphatic heterocycles.